The summed E-state index contributed by atoms with van der Waals surface area (Å²) in [6.07, 6.45) is 10.1. The molecule has 1 saturated carbocycles. The van der Waals surface area contributed by atoms with E-state index in [4.69, 9.17) is 10.1 Å². The predicted octanol–water partition coefficient (Wildman–Crippen LogP) is 5.85. The molecule has 0 spiro atoms. The second-order valence-corrected chi connectivity index (χ2v) is 9.80. The van der Waals surface area contributed by atoms with E-state index in [0.29, 0.717) is 17.8 Å². The number of nitrogens with zero attached hydrogens (tertiary/aromatic N) is 2. The normalized spacial score (nSPS) is 45.2. The van der Waals surface area contributed by atoms with Crippen LogP contribution < -0.4 is 0 Å². The fraction of sp³-hybridized carbons (Fsp3) is 0.909. The van der Waals surface area contributed by atoms with Gasteiger partial charge < -0.3 is 15.4 Å². The summed E-state index contributed by atoms with van der Waals surface area (Å²) < 4.78 is 6.78. The summed E-state index contributed by atoms with van der Waals surface area (Å²) in [5, 5.41) is 9.45. The van der Waals surface area contributed by atoms with Gasteiger partial charge in [-0.1, -0.05) is 38.8 Å². The Kier molecular flexibility index (Phi) is 5.16. The Morgan fingerprint density at radius 3 is 2.44 bits per heavy atom. The van der Waals surface area contributed by atoms with Crippen LogP contribution in [-0.4, -0.2) is 36.9 Å². The average molecular weight is 347 g/mol. The van der Waals surface area contributed by atoms with E-state index in [2.05, 4.69) is 46.0 Å². The summed E-state index contributed by atoms with van der Waals surface area (Å²) in [5.74, 6) is 1.89. The van der Waals surface area contributed by atoms with Crippen LogP contribution in [0.3, 0.4) is 0 Å². The molecule has 0 aromatic heterocycles. The van der Waals surface area contributed by atoms with Gasteiger partial charge in [0.1, 0.15) is 0 Å². The Morgan fingerprint density at radius 1 is 1.08 bits per heavy atom. The first-order valence-electron chi connectivity index (χ1n) is 10.2. The number of rotatable bonds is 4. The lowest BCUT2D eigenvalue weighted by Gasteiger charge is -2.60. The first-order chi connectivity index (χ1) is 11.6. The van der Waals surface area contributed by atoms with E-state index in [-0.39, 0.29) is 22.8 Å². The molecule has 144 valence electrons. The van der Waals surface area contributed by atoms with E-state index in [1.807, 2.05) is 14.1 Å². The number of ether oxygens (including phenoxy) is 1. The van der Waals surface area contributed by atoms with Gasteiger partial charge in [0.25, 0.3) is 0 Å². The van der Waals surface area contributed by atoms with Crippen LogP contribution in [0.15, 0.2) is 11.6 Å². The largest absolute Gasteiger partial charge is 0.659 e. The summed E-state index contributed by atoms with van der Waals surface area (Å²) in [6.45, 7) is 11.5. The molecule has 0 aromatic rings. The van der Waals surface area contributed by atoms with E-state index in [1.54, 1.807) is 5.57 Å². The van der Waals surface area contributed by atoms with Crippen LogP contribution in [0.5, 0.6) is 0 Å². The lowest BCUT2D eigenvalue weighted by molar-refractivity contribution is -0.113. The lowest BCUT2D eigenvalue weighted by atomic mass is 9.56. The third-order valence-corrected chi connectivity index (χ3v) is 7.99. The first kappa shape index (κ1) is 19.4. The van der Waals surface area contributed by atoms with Crippen LogP contribution >= 0.6 is 0 Å². The van der Waals surface area contributed by atoms with Gasteiger partial charge in [0.2, 0.25) is 0 Å². The molecule has 6 atom stereocenters. The molecule has 1 heterocycles. The maximum Gasteiger partial charge on any atom is 0.0692 e. The topological polar surface area (TPSA) is 37.4 Å². The smallest absolute Gasteiger partial charge is 0.0692 e. The quantitative estimate of drug-likeness (QED) is 0.588. The predicted molar refractivity (Wildman–Crippen MR) is 106 cm³/mol. The molecule has 3 nitrogen and oxygen atoms in total. The minimum absolute atomic E-state index is 0.0151. The van der Waals surface area contributed by atoms with Crippen molar-refractivity contribution in [3.05, 3.63) is 22.3 Å². The van der Waals surface area contributed by atoms with Crippen molar-refractivity contribution in [2.75, 3.05) is 14.1 Å². The SMILES string of the molecule is C[N-]C(C)(C)[C@@H]1CC[C@](C)([C@H]2CC[C@](C)([N-]C)[C@H]3CCC(C)=C[C@H]23)O1. The van der Waals surface area contributed by atoms with Gasteiger partial charge in [0.05, 0.1) is 5.60 Å². The van der Waals surface area contributed by atoms with Crippen molar-refractivity contribution >= 4 is 0 Å². The highest BCUT2D eigenvalue weighted by Crippen LogP contribution is 2.56. The first-order valence-corrected chi connectivity index (χ1v) is 10.2. The van der Waals surface area contributed by atoms with Crippen molar-refractivity contribution in [3.63, 3.8) is 0 Å². The van der Waals surface area contributed by atoms with Gasteiger partial charge in [-0.3, -0.25) is 0 Å². The summed E-state index contributed by atoms with van der Waals surface area (Å²) >= 11 is 0. The number of allylic oxidation sites excluding steroid dienone is 2. The molecular formula is C22H38N2O-2. The Bertz CT molecular complexity index is 528. The number of fused-ring (bicyclic) bond motifs is 1. The van der Waals surface area contributed by atoms with E-state index in [0.717, 1.165) is 12.8 Å². The van der Waals surface area contributed by atoms with Crippen LogP contribution in [0, 0.1) is 17.8 Å². The van der Waals surface area contributed by atoms with Crippen LogP contribution in [-0.2, 0) is 4.74 Å². The van der Waals surface area contributed by atoms with Crippen molar-refractivity contribution in [3.8, 4) is 0 Å². The standard InChI is InChI=1S/C22H38N2O/c1-15-8-9-17-16(14-15)18(10-12-21(17,4)24-7)22(5)13-11-19(25-22)20(2,3)23-6/h14,16-19H,8-13H2,1-7H3/q-2/t16-,17-,18-,19-,21-,22+/m0/s1. The molecule has 3 heteroatoms. The van der Waals surface area contributed by atoms with Crippen LogP contribution in [0.25, 0.3) is 10.6 Å². The number of likely N-dealkylation sites (N-methyl/N-ethyl adjacent to an activating group) is 1. The van der Waals surface area contributed by atoms with E-state index in [1.165, 1.54) is 25.7 Å². The summed E-state index contributed by atoms with van der Waals surface area (Å²) in [5.41, 5.74) is 1.61. The van der Waals surface area contributed by atoms with Crippen molar-refractivity contribution in [2.45, 2.75) is 95.9 Å². The van der Waals surface area contributed by atoms with Crippen molar-refractivity contribution in [1.82, 2.24) is 0 Å². The molecule has 0 N–H and O–H groups in total. The monoisotopic (exact) mass is 346 g/mol. The molecular weight excluding hydrogens is 308 g/mol. The fourth-order valence-corrected chi connectivity index (χ4v) is 5.82. The molecule has 0 amide bonds. The number of hydrogen-bond acceptors (Lipinski definition) is 1. The zero-order valence-corrected chi connectivity index (χ0v) is 17.4. The van der Waals surface area contributed by atoms with Gasteiger partial charge in [0.15, 0.2) is 0 Å². The lowest BCUT2D eigenvalue weighted by Crippen LogP contribution is -2.53. The van der Waals surface area contributed by atoms with Gasteiger partial charge in [-0.2, -0.15) is 14.1 Å². The highest BCUT2D eigenvalue weighted by molar-refractivity contribution is 5.21. The molecule has 0 radical (unpaired) electrons. The fourth-order valence-electron chi connectivity index (χ4n) is 5.82. The molecule has 25 heavy (non-hydrogen) atoms. The molecule has 3 aliphatic rings. The van der Waals surface area contributed by atoms with Gasteiger partial charge in [-0.05, 0) is 63.7 Å². The molecule has 1 aliphatic heterocycles. The molecule has 3 rings (SSSR count). The summed E-state index contributed by atoms with van der Waals surface area (Å²) in [4.78, 5) is 0. The van der Waals surface area contributed by atoms with E-state index >= 15 is 0 Å². The van der Waals surface area contributed by atoms with E-state index in [9.17, 15) is 0 Å². The second-order valence-electron chi connectivity index (χ2n) is 9.80. The maximum atomic E-state index is 6.78. The highest BCUT2D eigenvalue weighted by Gasteiger charge is 2.52. The van der Waals surface area contributed by atoms with Crippen molar-refractivity contribution in [1.29, 1.82) is 0 Å². The van der Waals surface area contributed by atoms with Crippen molar-refractivity contribution < 1.29 is 4.74 Å². The number of hydrogen-bond donors (Lipinski definition) is 0. The van der Waals surface area contributed by atoms with Crippen molar-refractivity contribution in [2.24, 2.45) is 17.8 Å². The maximum absolute atomic E-state index is 6.78. The summed E-state index contributed by atoms with van der Waals surface area (Å²) in [6, 6.07) is 0. The highest BCUT2D eigenvalue weighted by atomic mass is 16.5. The molecule has 0 aromatic carbocycles. The third-order valence-electron chi connectivity index (χ3n) is 7.99. The average Bonchev–Trinajstić information content (AvgIpc) is 2.99. The molecule has 2 aliphatic carbocycles. The Morgan fingerprint density at radius 2 is 1.80 bits per heavy atom. The van der Waals surface area contributed by atoms with Gasteiger partial charge >= 0.3 is 0 Å². The van der Waals surface area contributed by atoms with Crippen LogP contribution in [0.2, 0.25) is 0 Å². The van der Waals surface area contributed by atoms with Gasteiger partial charge in [0, 0.05) is 6.10 Å². The minimum Gasteiger partial charge on any atom is -0.659 e. The third kappa shape index (κ3) is 3.33. The molecule has 0 bridgehead atoms. The van der Waals surface area contributed by atoms with Crippen LogP contribution in [0.1, 0.15) is 73.1 Å². The molecule has 2 fully saturated rings. The van der Waals surface area contributed by atoms with E-state index < -0.39 is 0 Å². The zero-order valence-electron chi connectivity index (χ0n) is 17.4. The second kappa shape index (κ2) is 6.65. The van der Waals surface area contributed by atoms with Crippen LogP contribution in [0.4, 0.5) is 0 Å². The Hall–Kier alpha value is -0.380. The van der Waals surface area contributed by atoms with Gasteiger partial charge in [-0.15, -0.1) is 11.1 Å². The summed E-state index contributed by atoms with van der Waals surface area (Å²) in [7, 11) is 3.95. The molecule has 1 saturated heterocycles. The zero-order chi connectivity index (χ0) is 18.5. The Balaban J connectivity index is 1.86. The van der Waals surface area contributed by atoms with Gasteiger partial charge in [-0.25, -0.2) is 0 Å². The molecule has 0 unspecified atom stereocenters. The minimum atomic E-state index is -0.0859. The Labute approximate surface area is 155 Å².